The highest BCUT2D eigenvalue weighted by atomic mass is 35.5. The molecule has 24 heavy (non-hydrogen) atoms. The highest BCUT2D eigenvalue weighted by Gasteiger charge is 2.31. The molecule has 0 aromatic heterocycles. The van der Waals surface area contributed by atoms with Gasteiger partial charge in [-0.25, -0.2) is 0 Å². The van der Waals surface area contributed by atoms with Crippen molar-refractivity contribution in [2.24, 2.45) is 5.92 Å². The summed E-state index contributed by atoms with van der Waals surface area (Å²) in [7, 11) is 0. The van der Waals surface area contributed by atoms with E-state index in [2.05, 4.69) is 10.6 Å². The van der Waals surface area contributed by atoms with Crippen LogP contribution in [0.1, 0.15) is 31.1 Å². The third kappa shape index (κ3) is 5.10. The number of hydrogen-bond acceptors (Lipinski definition) is 3. The summed E-state index contributed by atoms with van der Waals surface area (Å²) in [6, 6.07) is 6.56. The van der Waals surface area contributed by atoms with Crippen molar-refractivity contribution in [3.05, 3.63) is 34.9 Å². The van der Waals surface area contributed by atoms with E-state index in [1.165, 1.54) is 0 Å². The van der Waals surface area contributed by atoms with Crippen molar-refractivity contribution in [1.29, 1.82) is 0 Å². The van der Waals surface area contributed by atoms with Gasteiger partial charge in [-0.05, 0) is 25.0 Å². The average Bonchev–Trinajstić information content (AvgIpc) is 2.52. The topological polar surface area (TPSA) is 61.4 Å². The SMILES string of the molecule is CC1CN(C(=O)C(NC(=O)c2ccccc2Cl)C(C)C)CCN1.Cl. The number of benzene rings is 1. The Labute approximate surface area is 154 Å². The number of nitrogens with zero attached hydrogens (tertiary/aromatic N) is 1. The molecule has 134 valence electrons. The third-order valence-electron chi connectivity index (χ3n) is 4.02. The second kappa shape index (κ2) is 9.25. The maximum atomic E-state index is 12.8. The summed E-state index contributed by atoms with van der Waals surface area (Å²) in [5, 5.41) is 6.55. The summed E-state index contributed by atoms with van der Waals surface area (Å²) in [5.74, 6) is -0.348. The van der Waals surface area contributed by atoms with Crippen LogP contribution in [-0.2, 0) is 4.79 Å². The average molecular weight is 374 g/mol. The van der Waals surface area contributed by atoms with Crippen molar-refractivity contribution < 1.29 is 9.59 Å². The number of hydrogen-bond donors (Lipinski definition) is 2. The lowest BCUT2D eigenvalue weighted by Gasteiger charge is -2.35. The number of nitrogens with one attached hydrogen (secondary N) is 2. The maximum Gasteiger partial charge on any atom is 0.253 e. The van der Waals surface area contributed by atoms with E-state index >= 15 is 0 Å². The number of piperazine rings is 1. The first-order chi connectivity index (χ1) is 10.9. The zero-order valence-corrected chi connectivity index (χ0v) is 15.8. The van der Waals surface area contributed by atoms with Gasteiger partial charge in [0.05, 0.1) is 10.6 Å². The molecule has 1 aromatic carbocycles. The van der Waals surface area contributed by atoms with Crippen LogP contribution in [-0.4, -0.2) is 48.4 Å². The first kappa shape index (κ1) is 20.7. The molecule has 7 heteroatoms. The van der Waals surface area contributed by atoms with E-state index in [1.807, 2.05) is 25.7 Å². The first-order valence-corrected chi connectivity index (χ1v) is 8.35. The van der Waals surface area contributed by atoms with Gasteiger partial charge in [0.25, 0.3) is 5.91 Å². The van der Waals surface area contributed by atoms with Gasteiger partial charge < -0.3 is 15.5 Å². The highest BCUT2D eigenvalue weighted by molar-refractivity contribution is 6.33. The van der Waals surface area contributed by atoms with Crippen LogP contribution in [0.3, 0.4) is 0 Å². The minimum absolute atomic E-state index is 0. The Morgan fingerprint density at radius 3 is 2.58 bits per heavy atom. The van der Waals surface area contributed by atoms with E-state index in [0.717, 1.165) is 6.54 Å². The van der Waals surface area contributed by atoms with Crippen molar-refractivity contribution in [1.82, 2.24) is 15.5 Å². The Hall–Kier alpha value is -1.30. The lowest BCUT2D eigenvalue weighted by Crippen LogP contribution is -2.58. The predicted octanol–water partition coefficient (Wildman–Crippen LogP) is 2.34. The normalized spacial score (nSPS) is 18.7. The Balaban J connectivity index is 0.00000288. The van der Waals surface area contributed by atoms with Crippen LogP contribution in [0, 0.1) is 5.92 Å². The van der Waals surface area contributed by atoms with Crippen molar-refractivity contribution in [3.63, 3.8) is 0 Å². The fourth-order valence-electron chi connectivity index (χ4n) is 2.71. The molecule has 2 rings (SSSR count). The molecule has 1 fully saturated rings. The highest BCUT2D eigenvalue weighted by Crippen LogP contribution is 2.16. The molecule has 1 aliphatic heterocycles. The Morgan fingerprint density at radius 2 is 2.00 bits per heavy atom. The van der Waals surface area contributed by atoms with Gasteiger partial charge in [-0.3, -0.25) is 9.59 Å². The van der Waals surface area contributed by atoms with E-state index < -0.39 is 6.04 Å². The first-order valence-electron chi connectivity index (χ1n) is 7.97. The molecule has 0 aliphatic carbocycles. The Morgan fingerprint density at radius 1 is 1.33 bits per heavy atom. The van der Waals surface area contributed by atoms with Crippen LogP contribution >= 0.6 is 24.0 Å². The molecule has 0 bridgehead atoms. The van der Waals surface area contributed by atoms with Gasteiger partial charge in [0.15, 0.2) is 0 Å². The third-order valence-corrected chi connectivity index (χ3v) is 4.35. The van der Waals surface area contributed by atoms with Crippen molar-refractivity contribution in [2.75, 3.05) is 19.6 Å². The number of amides is 2. The Kier molecular flexibility index (Phi) is 8.00. The predicted molar refractivity (Wildman–Crippen MR) is 98.8 cm³/mol. The number of rotatable bonds is 4. The summed E-state index contributed by atoms with van der Waals surface area (Å²) < 4.78 is 0. The lowest BCUT2D eigenvalue weighted by atomic mass is 10.0. The maximum absolute atomic E-state index is 12.8. The van der Waals surface area contributed by atoms with Crippen LogP contribution in [0.2, 0.25) is 5.02 Å². The van der Waals surface area contributed by atoms with Crippen LogP contribution in [0.15, 0.2) is 24.3 Å². The fraction of sp³-hybridized carbons (Fsp3) is 0.529. The van der Waals surface area contributed by atoms with Gasteiger partial charge in [-0.1, -0.05) is 37.6 Å². The standard InChI is InChI=1S/C17H24ClN3O2.ClH/c1-11(2)15(17(23)21-9-8-19-12(3)10-21)20-16(22)13-6-4-5-7-14(13)18;/h4-7,11-12,15,19H,8-10H2,1-3H3,(H,20,22);1H. The smallest absolute Gasteiger partial charge is 0.253 e. The summed E-state index contributed by atoms with van der Waals surface area (Å²) in [6.07, 6.45) is 0. The van der Waals surface area contributed by atoms with E-state index in [4.69, 9.17) is 11.6 Å². The molecule has 1 heterocycles. The van der Waals surface area contributed by atoms with Crippen molar-refractivity contribution in [2.45, 2.75) is 32.9 Å². The fourth-order valence-corrected chi connectivity index (χ4v) is 2.93. The summed E-state index contributed by atoms with van der Waals surface area (Å²) >= 11 is 6.07. The van der Waals surface area contributed by atoms with Gasteiger partial charge in [0.2, 0.25) is 5.91 Å². The largest absolute Gasteiger partial charge is 0.340 e. The number of carbonyl (C=O) groups excluding carboxylic acids is 2. The second-order valence-corrected chi connectivity index (χ2v) is 6.72. The van der Waals surface area contributed by atoms with Crippen LogP contribution in [0.25, 0.3) is 0 Å². The van der Waals surface area contributed by atoms with Crippen molar-refractivity contribution in [3.8, 4) is 0 Å². The van der Waals surface area contributed by atoms with Crippen LogP contribution < -0.4 is 10.6 Å². The molecule has 2 unspecified atom stereocenters. The molecule has 2 atom stereocenters. The van der Waals surface area contributed by atoms with E-state index in [9.17, 15) is 9.59 Å². The zero-order valence-electron chi connectivity index (χ0n) is 14.2. The molecule has 0 saturated carbocycles. The molecule has 1 saturated heterocycles. The monoisotopic (exact) mass is 373 g/mol. The quantitative estimate of drug-likeness (QED) is 0.851. The van der Waals surface area contributed by atoms with E-state index in [-0.39, 0.29) is 36.2 Å². The van der Waals surface area contributed by atoms with Crippen LogP contribution in [0.4, 0.5) is 0 Å². The molecule has 1 aromatic rings. The van der Waals surface area contributed by atoms with Gasteiger partial charge in [-0.15, -0.1) is 12.4 Å². The molecular weight excluding hydrogens is 349 g/mol. The molecule has 0 radical (unpaired) electrons. The van der Waals surface area contributed by atoms with Gasteiger partial charge in [-0.2, -0.15) is 0 Å². The van der Waals surface area contributed by atoms with Gasteiger partial charge in [0, 0.05) is 25.7 Å². The molecule has 2 amide bonds. The second-order valence-electron chi connectivity index (χ2n) is 6.31. The molecular formula is C17H25Cl2N3O2. The Bertz CT molecular complexity index is 581. The minimum Gasteiger partial charge on any atom is -0.340 e. The lowest BCUT2D eigenvalue weighted by molar-refractivity contribution is -0.135. The summed E-state index contributed by atoms with van der Waals surface area (Å²) in [6.45, 7) is 8.00. The number of carbonyl (C=O) groups is 2. The zero-order chi connectivity index (χ0) is 17.0. The van der Waals surface area contributed by atoms with Gasteiger partial charge >= 0.3 is 0 Å². The van der Waals surface area contributed by atoms with E-state index in [1.54, 1.807) is 24.3 Å². The van der Waals surface area contributed by atoms with Gasteiger partial charge in [0.1, 0.15) is 6.04 Å². The molecule has 0 spiro atoms. The minimum atomic E-state index is -0.552. The number of halogens is 2. The molecule has 2 N–H and O–H groups in total. The summed E-state index contributed by atoms with van der Waals surface area (Å²) in [5.41, 5.74) is 0.390. The van der Waals surface area contributed by atoms with Crippen molar-refractivity contribution >= 4 is 35.8 Å². The summed E-state index contributed by atoms with van der Waals surface area (Å²) in [4.78, 5) is 27.1. The molecule has 5 nitrogen and oxygen atoms in total. The molecule has 1 aliphatic rings. The van der Waals surface area contributed by atoms with E-state index in [0.29, 0.717) is 23.7 Å². The van der Waals surface area contributed by atoms with Crippen LogP contribution in [0.5, 0.6) is 0 Å².